The van der Waals surface area contributed by atoms with Gasteiger partial charge in [0.2, 0.25) is 0 Å². The van der Waals surface area contributed by atoms with Crippen molar-refractivity contribution in [3.8, 4) is 5.69 Å². The topological polar surface area (TPSA) is 29.9 Å². The van der Waals surface area contributed by atoms with Crippen molar-refractivity contribution >= 4 is 15.9 Å². The molecule has 1 saturated heterocycles. The van der Waals surface area contributed by atoms with Gasteiger partial charge < -0.3 is 5.32 Å². The number of hydrogen-bond donors (Lipinski definition) is 1. The number of nitrogens with one attached hydrogen (secondary N) is 1. The molecule has 1 fully saturated rings. The molecule has 0 bridgehead atoms. The summed E-state index contributed by atoms with van der Waals surface area (Å²) in [5.74, 6) is 0.602. The molecule has 1 aromatic carbocycles. The van der Waals surface area contributed by atoms with Crippen LogP contribution in [0.1, 0.15) is 30.0 Å². The molecule has 0 spiro atoms. The number of nitrogens with zero attached hydrogens (tertiary/aromatic N) is 2. The maximum Gasteiger partial charge on any atom is 0.0790 e. The first-order valence-corrected chi connectivity index (χ1v) is 7.57. The van der Waals surface area contributed by atoms with E-state index < -0.39 is 0 Å². The lowest BCUT2D eigenvalue weighted by Crippen LogP contribution is -2.28. The van der Waals surface area contributed by atoms with Gasteiger partial charge in [-0.05, 0) is 65.9 Å². The average Bonchev–Trinajstić information content (AvgIpc) is 2.82. The van der Waals surface area contributed by atoms with Gasteiger partial charge in [0.05, 0.1) is 11.9 Å². The fraction of sp³-hybridized carbons (Fsp3) is 0.400. The molecule has 0 radical (unpaired) electrons. The largest absolute Gasteiger partial charge is 0.316 e. The van der Waals surface area contributed by atoms with E-state index in [1.807, 2.05) is 23.0 Å². The van der Waals surface area contributed by atoms with E-state index in [-0.39, 0.29) is 0 Å². The smallest absolute Gasteiger partial charge is 0.0790 e. The number of piperidine rings is 1. The third-order valence-electron chi connectivity index (χ3n) is 3.87. The third-order valence-corrected chi connectivity index (χ3v) is 4.54. The first-order valence-electron chi connectivity index (χ1n) is 6.77. The van der Waals surface area contributed by atoms with Crippen LogP contribution in [-0.4, -0.2) is 22.9 Å². The summed E-state index contributed by atoms with van der Waals surface area (Å²) in [4.78, 5) is 0. The number of rotatable bonds is 2. The highest BCUT2D eigenvalue weighted by Gasteiger charge is 2.20. The SMILES string of the molecule is Cc1c(C2CCCNC2)cnn1-c1ccccc1Br. The van der Waals surface area contributed by atoms with E-state index >= 15 is 0 Å². The van der Waals surface area contributed by atoms with Gasteiger partial charge >= 0.3 is 0 Å². The summed E-state index contributed by atoms with van der Waals surface area (Å²) in [6, 6.07) is 8.21. The van der Waals surface area contributed by atoms with Gasteiger partial charge in [0.15, 0.2) is 0 Å². The van der Waals surface area contributed by atoms with Crippen molar-refractivity contribution < 1.29 is 0 Å². The van der Waals surface area contributed by atoms with Gasteiger partial charge in [-0.25, -0.2) is 4.68 Å². The quantitative estimate of drug-likeness (QED) is 0.919. The Kier molecular flexibility index (Phi) is 3.71. The Morgan fingerprint density at radius 1 is 1.37 bits per heavy atom. The van der Waals surface area contributed by atoms with Crippen LogP contribution in [-0.2, 0) is 0 Å². The minimum atomic E-state index is 0.602. The Labute approximate surface area is 122 Å². The van der Waals surface area contributed by atoms with Gasteiger partial charge in [-0.2, -0.15) is 5.10 Å². The zero-order chi connectivity index (χ0) is 13.2. The van der Waals surface area contributed by atoms with Gasteiger partial charge in [0.1, 0.15) is 0 Å². The van der Waals surface area contributed by atoms with Gasteiger partial charge in [0.25, 0.3) is 0 Å². The molecule has 0 amide bonds. The van der Waals surface area contributed by atoms with Crippen LogP contribution in [0.4, 0.5) is 0 Å². The monoisotopic (exact) mass is 319 g/mol. The van der Waals surface area contributed by atoms with Crippen LogP contribution in [0.3, 0.4) is 0 Å². The first kappa shape index (κ1) is 12.9. The van der Waals surface area contributed by atoms with E-state index in [1.54, 1.807) is 0 Å². The highest BCUT2D eigenvalue weighted by molar-refractivity contribution is 9.10. The Hall–Kier alpha value is -1.13. The number of benzene rings is 1. The molecule has 0 saturated carbocycles. The van der Waals surface area contributed by atoms with Gasteiger partial charge in [-0.3, -0.25) is 0 Å². The van der Waals surface area contributed by atoms with Crippen LogP contribution in [0.15, 0.2) is 34.9 Å². The normalized spacial score (nSPS) is 19.6. The second-order valence-corrected chi connectivity index (χ2v) is 5.95. The van der Waals surface area contributed by atoms with Crippen molar-refractivity contribution in [3.63, 3.8) is 0 Å². The molecule has 3 rings (SSSR count). The van der Waals surface area contributed by atoms with E-state index in [1.165, 1.54) is 24.1 Å². The zero-order valence-corrected chi connectivity index (χ0v) is 12.7. The number of aromatic nitrogens is 2. The predicted molar refractivity (Wildman–Crippen MR) is 80.8 cm³/mol. The van der Waals surface area contributed by atoms with Crippen LogP contribution in [0.25, 0.3) is 5.69 Å². The Morgan fingerprint density at radius 3 is 2.95 bits per heavy atom. The molecular formula is C15H18BrN3. The fourth-order valence-corrected chi connectivity index (χ4v) is 3.26. The molecule has 1 unspecified atom stereocenters. The van der Waals surface area contributed by atoms with E-state index in [4.69, 9.17) is 0 Å². The van der Waals surface area contributed by atoms with Crippen molar-refractivity contribution in [2.45, 2.75) is 25.7 Å². The lowest BCUT2D eigenvalue weighted by Gasteiger charge is -2.22. The van der Waals surface area contributed by atoms with Crippen molar-refractivity contribution in [1.82, 2.24) is 15.1 Å². The predicted octanol–water partition coefficient (Wildman–Crippen LogP) is 3.41. The molecule has 1 N–H and O–H groups in total. The maximum atomic E-state index is 4.58. The number of para-hydroxylation sites is 1. The van der Waals surface area contributed by atoms with E-state index in [0.717, 1.165) is 23.2 Å². The summed E-state index contributed by atoms with van der Waals surface area (Å²) in [7, 11) is 0. The van der Waals surface area contributed by atoms with Crippen molar-refractivity contribution in [2.24, 2.45) is 0 Å². The van der Waals surface area contributed by atoms with Gasteiger partial charge in [-0.1, -0.05) is 12.1 Å². The maximum absolute atomic E-state index is 4.58. The minimum Gasteiger partial charge on any atom is -0.316 e. The average molecular weight is 320 g/mol. The fourth-order valence-electron chi connectivity index (χ4n) is 2.81. The Morgan fingerprint density at radius 2 is 2.21 bits per heavy atom. The highest BCUT2D eigenvalue weighted by atomic mass is 79.9. The lowest BCUT2D eigenvalue weighted by atomic mass is 9.92. The second kappa shape index (κ2) is 5.47. The summed E-state index contributed by atoms with van der Waals surface area (Å²) in [5.41, 5.74) is 3.73. The van der Waals surface area contributed by atoms with Crippen molar-refractivity contribution in [1.29, 1.82) is 0 Å². The molecule has 2 aromatic rings. The minimum absolute atomic E-state index is 0.602. The molecule has 2 heterocycles. The van der Waals surface area contributed by atoms with Crippen LogP contribution in [0.2, 0.25) is 0 Å². The summed E-state index contributed by atoms with van der Waals surface area (Å²) >= 11 is 3.60. The zero-order valence-electron chi connectivity index (χ0n) is 11.1. The molecule has 4 heteroatoms. The molecule has 100 valence electrons. The summed E-state index contributed by atoms with van der Waals surface area (Å²) < 4.78 is 3.11. The van der Waals surface area contributed by atoms with E-state index in [2.05, 4.69) is 45.4 Å². The highest BCUT2D eigenvalue weighted by Crippen LogP contribution is 2.29. The lowest BCUT2D eigenvalue weighted by molar-refractivity contribution is 0.460. The second-order valence-electron chi connectivity index (χ2n) is 5.09. The molecule has 1 aliphatic rings. The Bertz CT molecular complexity index is 571. The standard InChI is InChI=1S/C15H18BrN3/c1-11-13(12-5-4-8-17-9-12)10-18-19(11)15-7-3-2-6-14(15)16/h2-3,6-7,10,12,17H,4-5,8-9H2,1H3. The molecule has 0 aliphatic carbocycles. The van der Waals surface area contributed by atoms with Crippen LogP contribution < -0.4 is 5.32 Å². The molecule has 3 nitrogen and oxygen atoms in total. The van der Waals surface area contributed by atoms with Crippen LogP contribution in [0, 0.1) is 6.92 Å². The molecule has 1 aliphatic heterocycles. The molecule has 1 atom stereocenters. The molecular weight excluding hydrogens is 302 g/mol. The van der Waals surface area contributed by atoms with Crippen molar-refractivity contribution in [2.75, 3.05) is 13.1 Å². The van der Waals surface area contributed by atoms with E-state index in [0.29, 0.717) is 5.92 Å². The van der Waals surface area contributed by atoms with Gasteiger partial charge in [-0.15, -0.1) is 0 Å². The van der Waals surface area contributed by atoms with E-state index in [9.17, 15) is 0 Å². The van der Waals surface area contributed by atoms with Crippen LogP contribution in [0.5, 0.6) is 0 Å². The van der Waals surface area contributed by atoms with Crippen LogP contribution >= 0.6 is 15.9 Å². The third kappa shape index (κ3) is 2.47. The number of halogens is 1. The summed E-state index contributed by atoms with van der Waals surface area (Å²) in [6.45, 7) is 4.38. The number of hydrogen-bond acceptors (Lipinski definition) is 2. The first-order chi connectivity index (χ1) is 9.27. The summed E-state index contributed by atoms with van der Waals surface area (Å²) in [6.07, 6.45) is 4.55. The van der Waals surface area contributed by atoms with Gasteiger partial charge in [0, 0.05) is 16.7 Å². The Balaban J connectivity index is 1.97. The molecule has 19 heavy (non-hydrogen) atoms. The molecule has 1 aromatic heterocycles. The van der Waals surface area contributed by atoms with Crippen molar-refractivity contribution in [3.05, 3.63) is 46.2 Å². The summed E-state index contributed by atoms with van der Waals surface area (Å²) in [5, 5.41) is 8.06.